The van der Waals surface area contributed by atoms with Crippen LogP contribution < -0.4 is 5.32 Å². The molecule has 2 unspecified atom stereocenters. The van der Waals surface area contributed by atoms with E-state index in [1.165, 1.54) is 32.0 Å². The number of rotatable bonds is 6. The normalized spacial score (nSPS) is 18.7. The van der Waals surface area contributed by atoms with Gasteiger partial charge >= 0.3 is 0 Å². The van der Waals surface area contributed by atoms with Crippen molar-refractivity contribution in [1.82, 2.24) is 5.32 Å². The average Bonchev–Trinajstić information content (AvgIpc) is 3.09. The molecule has 1 N–H and O–H groups in total. The maximum atomic E-state index is 3.79. The van der Waals surface area contributed by atoms with Crippen LogP contribution in [0.2, 0.25) is 0 Å². The first-order valence-corrected chi connectivity index (χ1v) is 10.1. The molecule has 4 heteroatoms. The predicted molar refractivity (Wildman–Crippen MR) is 97.7 cm³/mol. The Bertz CT molecular complexity index is 596. The van der Waals surface area contributed by atoms with E-state index in [0.717, 1.165) is 13.0 Å². The summed E-state index contributed by atoms with van der Waals surface area (Å²) in [6.45, 7) is 3.34. The molecule has 0 bridgehead atoms. The van der Waals surface area contributed by atoms with E-state index in [1.807, 2.05) is 23.1 Å². The quantitative estimate of drug-likeness (QED) is 0.727. The van der Waals surface area contributed by atoms with Crippen molar-refractivity contribution in [2.24, 2.45) is 0 Å². The molecule has 112 valence electrons. The van der Waals surface area contributed by atoms with Crippen molar-refractivity contribution in [2.45, 2.75) is 36.6 Å². The SMILES string of the molecule is CCCNC(Cc1cc(Br)cs1)C1CSc2ccccc21. The van der Waals surface area contributed by atoms with Gasteiger partial charge in [-0.1, -0.05) is 25.1 Å². The van der Waals surface area contributed by atoms with Crippen molar-refractivity contribution in [3.05, 3.63) is 50.6 Å². The molecular weight excluding hydrogens is 362 g/mol. The van der Waals surface area contributed by atoms with E-state index < -0.39 is 0 Å². The molecule has 2 heterocycles. The van der Waals surface area contributed by atoms with Gasteiger partial charge < -0.3 is 5.32 Å². The van der Waals surface area contributed by atoms with Gasteiger partial charge in [-0.05, 0) is 53.0 Å². The van der Waals surface area contributed by atoms with Gasteiger partial charge in [0.1, 0.15) is 0 Å². The molecule has 21 heavy (non-hydrogen) atoms. The third-order valence-corrected chi connectivity index (χ3v) is 6.85. The zero-order valence-corrected chi connectivity index (χ0v) is 15.4. The maximum Gasteiger partial charge on any atom is 0.0285 e. The maximum absolute atomic E-state index is 3.79. The van der Waals surface area contributed by atoms with E-state index in [0.29, 0.717) is 12.0 Å². The summed E-state index contributed by atoms with van der Waals surface area (Å²) in [4.78, 5) is 2.93. The summed E-state index contributed by atoms with van der Waals surface area (Å²) < 4.78 is 1.21. The molecule has 1 aliphatic rings. The second kappa shape index (κ2) is 7.32. The number of thioether (sulfide) groups is 1. The number of fused-ring (bicyclic) bond motifs is 1. The number of hydrogen-bond acceptors (Lipinski definition) is 3. The van der Waals surface area contributed by atoms with E-state index in [2.05, 4.69) is 63.9 Å². The third kappa shape index (κ3) is 3.73. The van der Waals surface area contributed by atoms with Crippen LogP contribution in [0.5, 0.6) is 0 Å². The van der Waals surface area contributed by atoms with Gasteiger partial charge in [-0.25, -0.2) is 0 Å². The molecule has 0 spiro atoms. The van der Waals surface area contributed by atoms with Gasteiger partial charge in [-0.2, -0.15) is 0 Å². The molecule has 2 atom stereocenters. The fourth-order valence-electron chi connectivity index (χ4n) is 2.88. The number of thiophene rings is 1. The summed E-state index contributed by atoms with van der Waals surface area (Å²) in [5.41, 5.74) is 1.53. The summed E-state index contributed by atoms with van der Waals surface area (Å²) in [7, 11) is 0. The predicted octanol–water partition coefficient (Wildman–Crippen LogP) is 5.31. The largest absolute Gasteiger partial charge is 0.313 e. The Labute approximate surface area is 143 Å². The summed E-state index contributed by atoms with van der Waals surface area (Å²) in [6.07, 6.45) is 2.31. The molecule has 0 radical (unpaired) electrons. The summed E-state index contributed by atoms with van der Waals surface area (Å²) in [5, 5.41) is 5.97. The first kappa shape index (κ1) is 15.6. The van der Waals surface area contributed by atoms with Crippen LogP contribution in [0, 0.1) is 0 Å². The highest BCUT2D eigenvalue weighted by atomic mass is 79.9. The molecule has 3 rings (SSSR count). The standard InChI is InChI=1S/C17H20BrNS2/c1-2-7-19-16(9-13-8-12(18)10-20-13)15-11-21-17-6-4-3-5-14(15)17/h3-6,8,10,15-16,19H,2,7,9,11H2,1H3. The molecule has 1 nitrogen and oxygen atoms in total. The number of benzene rings is 1. The van der Waals surface area contributed by atoms with Crippen LogP contribution in [-0.2, 0) is 6.42 Å². The fraction of sp³-hybridized carbons (Fsp3) is 0.412. The minimum atomic E-state index is 0.534. The highest BCUT2D eigenvalue weighted by Gasteiger charge is 2.30. The Morgan fingerprint density at radius 1 is 1.38 bits per heavy atom. The van der Waals surface area contributed by atoms with E-state index >= 15 is 0 Å². The Kier molecular flexibility index (Phi) is 5.43. The Hall–Kier alpha value is -0.290. The topological polar surface area (TPSA) is 12.0 Å². The van der Waals surface area contributed by atoms with Crippen molar-refractivity contribution >= 4 is 39.0 Å². The van der Waals surface area contributed by atoms with E-state index in [9.17, 15) is 0 Å². The molecule has 0 saturated carbocycles. The smallest absolute Gasteiger partial charge is 0.0285 e. The van der Waals surface area contributed by atoms with Gasteiger partial charge in [0, 0.05) is 37.3 Å². The van der Waals surface area contributed by atoms with Crippen molar-refractivity contribution in [3.8, 4) is 0 Å². The van der Waals surface area contributed by atoms with Crippen molar-refractivity contribution in [2.75, 3.05) is 12.3 Å². The lowest BCUT2D eigenvalue weighted by Crippen LogP contribution is -2.37. The lowest BCUT2D eigenvalue weighted by molar-refractivity contribution is 0.454. The van der Waals surface area contributed by atoms with Crippen molar-refractivity contribution in [3.63, 3.8) is 0 Å². The van der Waals surface area contributed by atoms with Crippen LogP contribution in [0.25, 0.3) is 0 Å². The minimum absolute atomic E-state index is 0.534. The van der Waals surface area contributed by atoms with E-state index in [1.54, 1.807) is 0 Å². The van der Waals surface area contributed by atoms with E-state index in [4.69, 9.17) is 0 Å². The van der Waals surface area contributed by atoms with Crippen LogP contribution in [-0.4, -0.2) is 18.3 Å². The molecule has 0 amide bonds. The molecule has 1 aliphatic heterocycles. The number of hydrogen-bond donors (Lipinski definition) is 1. The highest BCUT2D eigenvalue weighted by Crippen LogP contribution is 2.42. The van der Waals surface area contributed by atoms with Gasteiger partial charge in [0.15, 0.2) is 0 Å². The van der Waals surface area contributed by atoms with Gasteiger partial charge in [0.25, 0.3) is 0 Å². The lowest BCUT2D eigenvalue weighted by atomic mass is 9.90. The van der Waals surface area contributed by atoms with Crippen LogP contribution in [0.1, 0.15) is 29.7 Å². The molecule has 0 saturated heterocycles. The van der Waals surface area contributed by atoms with Crippen molar-refractivity contribution in [1.29, 1.82) is 0 Å². The molecular formula is C17H20BrNS2. The van der Waals surface area contributed by atoms with Crippen LogP contribution in [0.15, 0.2) is 45.1 Å². The highest BCUT2D eigenvalue weighted by molar-refractivity contribution is 9.10. The first-order valence-electron chi connectivity index (χ1n) is 7.46. The second-order valence-corrected chi connectivity index (χ2v) is 8.42. The van der Waals surface area contributed by atoms with Gasteiger partial charge in [0.2, 0.25) is 0 Å². The zero-order valence-electron chi connectivity index (χ0n) is 12.1. The van der Waals surface area contributed by atoms with Gasteiger partial charge in [-0.15, -0.1) is 23.1 Å². The number of halogens is 1. The molecule has 2 aromatic rings. The third-order valence-electron chi connectivity index (χ3n) is 3.92. The molecule has 0 fully saturated rings. The van der Waals surface area contributed by atoms with Crippen LogP contribution in [0.3, 0.4) is 0 Å². The van der Waals surface area contributed by atoms with Crippen molar-refractivity contribution < 1.29 is 0 Å². The summed E-state index contributed by atoms with van der Waals surface area (Å²) in [6, 6.07) is 11.7. The molecule has 0 aliphatic carbocycles. The number of nitrogens with one attached hydrogen (secondary N) is 1. The Morgan fingerprint density at radius 3 is 3.00 bits per heavy atom. The average molecular weight is 382 g/mol. The molecule has 1 aromatic heterocycles. The van der Waals surface area contributed by atoms with Gasteiger partial charge in [0.05, 0.1) is 0 Å². The fourth-order valence-corrected chi connectivity index (χ4v) is 5.73. The van der Waals surface area contributed by atoms with Crippen LogP contribution in [0.4, 0.5) is 0 Å². The first-order chi connectivity index (χ1) is 10.3. The Morgan fingerprint density at radius 2 is 2.24 bits per heavy atom. The second-order valence-electron chi connectivity index (χ2n) is 5.45. The Balaban J connectivity index is 1.79. The molecule has 1 aromatic carbocycles. The summed E-state index contributed by atoms with van der Waals surface area (Å²) >= 11 is 7.44. The zero-order chi connectivity index (χ0) is 14.7. The minimum Gasteiger partial charge on any atom is -0.313 e. The lowest BCUT2D eigenvalue weighted by Gasteiger charge is -2.25. The van der Waals surface area contributed by atoms with E-state index in [-0.39, 0.29) is 0 Å². The van der Waals surface area contributed by atoms with Gasteiger partial charge in [-0.3, -0.25) is 0 Å². The van der Waals surface area contributed by atoms with Crippen LogP contribution >= 0.6 is 39.0 Å². The summed E-state index contributed by atoms with van der Waals surface area (Å²) in [5.74, 6) is 1.83. The monoisotopic (exact) mass is 381 g/mol.